The molecule has 20 heavy (non-hydrogen) atoms. The van der Waals surface area contributed by atoms with Gasteiger partial charge >= 0.3 is 0 Å². The quantitative estimate of drug-likeness (QED) is 0.812. The van der Waals surface area contributed by atoms with Gasteiger partial charge in [-0.05, 0) is 25.7 Å². The van der Waals surface area contributed by atoms with E-state index in [-0.39, 0.29) is 18.1 Å². The average Bonchev–Trinajstić information content (AvgIpc) is 3.02. The number of aryl methyl sites for hydroxylation is 1. The van der Waals surface area contributed by atoms with Crippen LogP contribution in [0.4, 0.5) is 5.13 Å². The van der Waals surface area contributed by atoms with Crippen LogP contribution in [0.1, 0.15) is 17.8 Å². The van der Waals surface area contributed by atoms with Crippen LogP contribution in [0.15, 0.2) is 0 Å². The van der Waals surface area contributed by atoms with E-state index in [2.05, 4.69) is 15.1 Å². The summed E-state index contributed by atoms with van der Waals surface area (Å²) < 4.78 is 5.97. The highest BCUT2D eigenvalue weighted by atomic mass is 32.1. The third kappa shape index (κ3) is 2.52. The van der Waals surface area contributed by atoms with Gasteiger partial charge in [-0.15, -0.1) is 10.2 Å². The molecule has 0 bridgehead atoms. The summed E-state index contributed by atoms with van der Waals surface area (Å²) in [4.78, 5) is 15.9. The minimum Gasteiger partial charge on any atom is -0.363 e. The van der Waals surface area contributed by atoms with E-state index in [1.54, 1.807) is 30.3 Å². The Morgan fingerprint density at radius 3 is 2.90 bits per heavy atom. The highest BCUT2D eigenvalue weighted by Gasteiger charge is 2.42. The van der Waals surface area contributed by atoms with Gasteiger partial charge in [0, 0.05) is 27.2 Å². The third-order valence-corrected chi connectivity index (χ3v) is 4.95. The second kappa shape index (κ2) is 5.29. The van der Waals surface area contributed by atoms with Crippen LogP contribution in [-0.4, -0.2) is 60.4 Å². The van der Waals surface area contributed by atoms with E-state index in [0.717, 1.165) is 36.1 Å². The van der Waals surface area contributed by atoms with Crippen molar-refractivity contribution in [2.24, 2.45) is 5.92 Å². The first-order valence-corrected chi connectivity index (χ1v) is 7.78. The van der Waals surface area contributed by atoms with Crippen LogP contribution in [0.25, 0.3) is 0 Å². The first-order chi connectivity index (χ1) is 9.54. The topological polar surface area (TPSA) is 58.6 Å². The second-order valence-corrected chi connectivity index (χ2v) is 6.89. The van der Waals surface area contributed by atoms with Crippen LogP contribution < -0.4 is 4.90 Å². The molecular weight excluding hydrogens is 276 g/mol. The van der Waals surface area contributed by atoms with E-state index < -0.39 is 0 Å². The summed E-state index contributed by atoms with van der Waals surface area (Å²) in [5.74, 6) is 0.576. The van der Waals surface area contributed by atoms with Gasteiger partial charge in [-0.2, -0.15) is 0 Å². The Hall–Kier alpha value is -1.21. The summed E-state index contributed by atoms with van der Waals surface area (Å²) in [5.41, 5.74) is 0. The SMILES string of the molecule is Cc1nnc(N2CC[C@H]3C[C@H](C(=O)N(C)C)O[C@H]3C2)s1. The Labute approximate surface area is 122 Å². The van der Waals surface area contributed by atoms with Crippen LogP contribution in [0.3, 0.4) is 0 Å². The first kappa shape index (κ1) is 13.8. The van der Waals surface area contributed by atoms with E-state index in [1.165, 1.54) is 0 Å². The van der Waals surface area contributed by atoms with Crippen molar-refractivity contribution < 1.29 is 9.53 Å². The Balaban J connectivity index is 1.65. The molecule has 1 aromatic rings. The number of aromatic nitrogens is 2. The van der Waals surface area contributed by atoms with Crippen molar-refractivity contribution in [3.63, 3.8) is 0 Å². The smallest absolute Gasteiger partial charge is 0.251 e. The van der Waals surface area contributed by atoms with Gasteiger partial charge in [0.15, 0.2) is 0 Å². The maximum absolute atomic E-state index is 12.0. The highest BCUT2D eigenvalue weighted by molar-refractivity contribution is 7.15. The molecule has 7 heteroatoms. The molecule has 2 aliphatic heterocycles. The zero-order valence-corrected chi connectivity index (χ0v) is 12.9. The Morgan fingerprint density at radius 1 is 1.45 bits per heavy atom. The summed E-state index contributed by atoms with van der Waals surface area (Å²) in [5, 5.41) is 10.2. The van der Waals surface area contributed by atoms with Crippen LogP contribution in [0.5, 0.6) is 0 Å². The molecule has 0 radical (unpaired) electrons. The second-order valence-electron chi connectivity index (χ2n) is 5.73. The lowest BCUT2D eigenvalue weighted by Crippen LogP contribution is -2.42. The van der Waals surface area contributed by atoms with Gasteiger partial charge in [-0.3, -0.25) is 4.79 Å². The molecule has 3 heterocycles. The molecule has 2 aliphatic rings. The van der Waals surface area contributed by atoms with E-state index in [9.17, 15) is 4.79 Å². The summed E-state index contributed by atoms with van der Waals surface area (Å²) in [6.45, 7) is 3.75. The van der Waals surface area contributed by atoms with Gasteiger partial charge in [0.05, 0.1) is 6.10 Å². The highest BCUT2D eigenvalue weighted by Crippen LogP contribution is 2.35. The van der Waals surface area contributed by atoms with Gasteiger partial charge in [-0.1, -0.05) is 11.3 Å². The first-order valence-electron chi connectivity index (χ1n) is 6.96. The van der Waals surface area contributed by atoms with Crippen molar-refractivity contribution >= 4 is 22.4 Å². The minimum atomic E-state index is -0.267. The molecule has 0 N–H and O–H groups in total. The van der Waals surface area contributed by atoms with Crippen molar-refractivity contribution in [2.75, 3.05) is 32.1 Å². The van der Waals surface area contributed by atoms with Gasteiger partial charge in [0.25, 0.3) is 5.91 Å². The van der Waals surface area contributed by atoms with Gasteiger partial charge < -0.3 is 14.5 Å². The van der Waals surface area contributed by atoms with Gasteiger partial charge in [0.2, 0.25) is 5.13 Å². The lowest BCUT2D eigenvalue weighted by Gasteiger charge is -2.33. The molecule has 2 fully saturated rings. The van der Waals surface area contributed by atoms with E-state index in [1.807, 2.05) is 6.92 Å². The number of hydrogen-bond donors (Lipinski definition) is 0. The van der Waals surface area contributed by atoms with Crippen molar-refractivity contribution in [3.8, 4) is 0 Å². The number of carbonyl (C=O) groups is 1. The number of likely N-dealkylation sites (N-methyl/N-ethyl adjacent to an activating group) is 1. The monoisotopic (exact) mass is 296 g/mol. The summed E-state index contributed by atoms with van der Waals surface area (Å²) in [7, 11) is 3.56. The van der Waals surface area contributed by atoms with Crippen molar-refractivity contribution in [3.05, 3.63) is 5.01 Å². The number of anilines is 1. The average molecular weight is 296 g/mol. The van der Waals surface area contributed by atoms with Crippen molar-refractivity contribution in [1.29, 1.82) is 0 Å². The summed E-state index contributed by atoms with van der Waals surface area (Å²) >= 11 is 1.61. The fraction of sp³-hybridized carbons (Fsp3) is 0.769. The number of rotatable bonds is 2. The fourth-order valence-electron chi connectivity index (χ4n) is 2.97. The number of piperidine rings is 1. The molecule has 0 aromatic carbocycles. The fourth-order valence-corrected chi connectivity index (χ4v) is 3.69. The number of fused-ring (bicyclic) bond motifs is 1. The Morgan fingerprint density at radius 2 is 2.25 bits per heavy atom. The van der Waals surface area contributed by atoms with E-state index >= 15 is 0 Å². The normalized spacial score (nSPS) is 29.4. The van der Waals surface area contributed by atoms with Gasteiger partial charge in [-0.25, -0.2) is 0 Å². The van der Waals surface area contributed by atoms with Crippen molar-refractivity contribution in [1.82, 2.24) is 15.1 Å². The zero-order valence-electron chi connectivity index (χ0n) is 12.1. The molecule has 2 saturated heterocycles. The summed E-state index contributed by atoms with van der Waals surface area (Å²) in [6, 6.07) is 0. The Kier molecular flexibility index (Phi) is 3.64. The molecule has 3 atom stereocenters. The molecular formula is C13H20N4O2S. The van der Waals surface area contributed by atoms with Crippen molar-refractivity contribution in [2.45, 2.75) is 32.0 Å². The molecule has 1 aromatic heterocycles. The summed E-state index contributed by atoms with van der Waals surface area (Å²) in [6.07, 6.45) is 1.78. The number of hydrogen-bond acceptors (Lipinski definition) is 6. The van der Waals surface area contributed by atoms with Crippen LogP contribution in [0, 0.1) is 12.8 Å². The third-order valence-electron chi connectivity index (χ3n) is 4.05. The Bertz CT molecular complexity index is 504. The molecule has 6 nitrogen and oxygen atoms in total. The standard InChI is InChI=1S/C13H20N4O2S/c1-8-14-15-13(20-8)17-5-4-9-6-10(12(18)16(2)3)19-11(9)7-17/h9-11H,4-7H2,1-3H3/t9-,10+,11-/m0/s1. The van der Waals surface area contributed by atoms with Gasteiger partial charge in [0.1, 0.15) is 11.1 Å². The number of nitrogens with zero attached hydrogens (tertiary/aromatic N) is 4. The molecule has 0 aliphatic carbocycles. The maximum atomic E-state index is 12.0. The van der Waals surface area contributed by atoms with Crippen LogP contribution >= 0.6 is 11.3 Å². The molecule has 1 amide bonds. The number of amides is 1. The minimum absolute atomic E-state index is 0.0812. The largest absolute Gasteiger partial charge is 0.363 e. The van der Waals surface area contributed by atoms with Crippen LogP contribution in [0.2, 0.25) is 0 Å². The number of ether oxygens (including phenoxy) is 1. The zero-order chi connectivity index (χ0) is 14.3. The lowest BCUT2D eigenvalue weighted by atomic mass is 9.92. The predicted molar refractivity (Wildman–Crippen MR) is 76.9 cm³/mol. The van der Waals surface area contributed by atoms with Crippen LogP contribution in [-0.2, 0) is 9.53 Å². The predicted octanol–water partition coefficient (Wildman–Crippen LogP) is 0.919. The molecule has 0 saturated carbocycles. The molecule has 0 unspecified atom stereocenters. The molecule has 0 spiro atoms. The maximum Gasteiger partial charge on any atom is 0.251 e. The molecule has 3 rings (SSSR count). The van der Waals surface area contributed by atoms with E-state index in [4.69, 9.17) is 4.74 Å². The lowest BCUT2D eigenvalue weighted by molar-refractivity contribution is -0.140. The molecule has 110 valence electrons. The number of carbonyl (C=O) groups excluding carboxylic acids is 1. The van der Waals surface area contributed by atoms with E-state index in [0.29, 0.717) is 5.92 Å².